The predicted octanol–water partition coefficient (Wildman–Crippen LogP) is 1.83. The Morgan fingerprint density at radius 2 is 1.95 bits per heavy atom. The van der Waals surface area contributed by atoms with E-state index in [1.165, 1.54) is 6.07 Å². The van der Waals surface area contributed by atoms with Gasteiger partial charge in [-0.2, -0.15) is 0 Å². The van der Waals surface area contributed by atoms with E-state index in [4.69, 9.17) is 34.0 Å². The topological polar surface area (TPSA) is 122 Å². The number of hydrogen-bond donors (Lipinski definition) is 4. The molecule has 7 nitrogen and oxygen atoms in total. The molecule has 0 fully saturated rings. The van der Waals surface area contributed by atoms with Gasteiger partial charge in [-0.15, -0.1) is 0 Å². The second-order valence-corrected chi connectivity index (χ2v) is 4.88. The second-order valence-electron chi connectivity index (χ2n) is 4.10. The van der Waals surface area contributed by atoms with Gasteiger partial charge in [0.05, 0.1) is 15.7 Å². The second kappa shape index (κ2) is 7.70. The van der Waals surface area contributed by atoms with E-state index in [1.54, 1.807) is 12.1 Å². The lowest BCUT2D eigenvalue weighted by atomic mass is 10.1. The molecule has 5 N–H and O–H groups in total. The number of anilines is 1. The first-order chi connectivity index (χ1) is 9.81. The van der Waals surface area contributed by atoms with Crippen LogP contribution in [0.5, 0.6) is 0 Å². The van der Waals surface area contributed by atoms with Crippen molar-refractivity contribution in [2.75, 3.05) is 5.32 Å². The molecule has 3 amide bonds. The van der Waals surface area contributed by atoms with E-state index in [2.05, 4.69) is 10.6 Å². The maximum Gasteiger partial charge on any atom is 0.326 e. The summed E-state index contributed by atoms with van der Waals surface area (Å²) >= 11 is 11.7. The van der Waals surface area contributed by atoms with E-state index in [9.17, 15) is 14.4 Å². The van der Waals surface area contributed by atoms with E-state index in [0.717, 1.165) is 0 Å². The molecule has 114 valence electrons. The summed E-state index contributed by atoms with van der Waals surface area (Å²) in [5.41, 5.74) is 5.18. The molecule has 0 saturated carbocycles. The van der Waals surface area contributed by atoms with Crippen LogP contribution in [0.15, 0.2) is 18.2 Å². The zero-order valence-corrected chi connectivity index (χ0v) is 12.2. The van der Waals surface area contributed by atoms with Crippen molar-refractivity contribution >= 4 is 46.8 Å². The Balaban J connectivity index is 2.67. The molecule has 0 aliphatic rings. The molecular weight excluding hydrogens is 321 g/mol. The predicted molar refractivity (Wildman–Crippen MR) is 78.5 cm³/mol. The van der Waals surface area contributed by atoms with Crippen molar-refractivity contribution in [2.45, 2.75) is 18.9 Å². The summed E-state index contributed by atoms with van der Waals surface area (Å²) in [7, 11) is 0. The van der Waals surface area contributed by atoms with Gasteiger partial charge in [-0.25, -0.2) is 9.59 Å². The van der Waals surface area contributed by atoms with Gasteiger partial charge in [-0.05, 0) is 18.6 Å². The Labute approximate surface area is 130 Å². The number of benzene rings is 1. The van der Waals surface area contributed by atoms with Crippen molar-refractivity contribution in [1.82, 2.24) is 5.32 Å². The first-order valence-electron chi connectivity index (χ1n) is 5.84. The van der Waals surface area contributed by atoms with Crippen molar-refractivity contribution in [3.8, 4) is 0 Å². The molecule has 1 rings (SSSR count). The van der Waals surface area contributed by atoms with Crippen LogP contribution in [-0.4, -0.2) is 29.1 Å². The zero-order valence-electron chi connectivity index (χ0n) is 10.7. The summed E-state index contributed by atoms with van der Waals surface area (Å²) in [5, 5.41) is 13.9. The first kappa shape index (κ1) is 17.1. The van der Waals surface area contributed by atoms with Gasteiger partial charge >= 0.3 is 12.0 Å². The largest absolute Gasteiger partial charge is 0.480 e. The number of carbonyl (C=O) groups is 3. The molecule has 0 radical (unpaired) electrons. The van der Waals surface area contributed by atoms with Crippen LogP contribution in [-0.2, 0) is 9.59 Å². The molecule has 0 saturated heterocycles. The number of carbonyl (C=O) groups excluding carboxylic acids is 2. The highest BCUT2D eigenvalue weighted by Gasteiger charge is 2.21. The van der Waals surface area contributed by atoms with E-state index < -0.39 is 23.9 Å². The third-order valence-corrected chi connectivity index (χ3v) is 3.30. The quantitative estimate of drug-likeness (QED) is 0.634. The smallest absolute Gasteiger partial charge is 0.326 e. The number of primary amides is 1. The number of halogens is 2. The van der Waals surface area contributed by atoms with Crippen LogP contribution < -0.4 is 16.4 Å². The number of carboxylic acids is 1. The average molecular weight is 334 g/mol. The fourth-order valence-corrected chi connectivity index (χ4v) is 1.81. The van der Waals surface area contributed by atoms with Gasteiger partial charge in [0.25, 0.3) is 0 Å². The molecule has 0 aliphatic carbocycles. The minimum absolute atomic E-state index is 0.110. The molecule has 21 heavy (non-hydrogen) atoms. The number of rotatable bonds is 6. The fourth-order valence-electron chi connectivity index (χ4n) is 1.46. The number of carboxylic acid groups (broad SMARTS) is 1. The Morgan fingerprint density at radius 1 is 1.29 bits per heavy atom. The van der Waals surface area contributed by atoms with Crippen molar-refractivity contribution in [1.29, 1.82) is 0 Å². The minimum Gasteiger partial charge on any atom is -0.480 e. The Hall–Kier alpha value is -1.99. The van der Waals surface area contributed by atoms with Crippen LogP contribution in [0.25, 0.3) is 0 Å². The standard InChI is InChI=1S/C12H13Cl2N3O4/c13-6-2-1-3-7(10(6)14)16-12(21)17-8(11(19)20)4-5-9(15)18/h1-3,8H,4-5H2,(H2,15,18)(H,19,20)(H2,16,17,21)/t8-/m1/s1. The number of urea groups is 1. The van der Waals surface area contributed by atoms with Crippen LogP contribution in [0.2, 0.25) is 10.0 Å². The lowest BCUT2D eigenvalue weighted by Crippen LogP contribution is -2.43. The Morgan fingerprint density at radius 3 is 2.52 bits per heavy atom. The molecule has 0 bridgehead atoms. The summed E-state index contributed by atoms with van der Waals surface area (Å²) in [6.45, 7) is 0. The van der Waals surface area contributed by atoms with Gasteiger partial charge in [-0.1, -0.05) is 29.3 Å². The maximum atomic E-state index is 11.7. The van der Waals surface area contributed by atoms with Gasteiger partial charge in [0.1, 0.15) is 6.04 Å². The molecule has 0 aromatic heterocycles. The number of aliphatic carboxylic acids is 1. The fraction of sp³-hybridized carbons (Fsp3) is 0.250. The molecule has 0 unspecified atom stereocenters. The van der Waals surface area contributed by atoms with Gasteiger partial charge in [0.15, 0.2) is 0 Å². The molecule has 0 aliphatic heterocycles. The van der Waals surface area contributed by atoms with Gasteiger partial charge < -0.3 is 21.5 Å². The third-order valence-electron chi connectivity index (χ3n) is 2.48. The molecular formula is C12H13Cl2N3O4. The van der Waals surface area contributed by atoms with Crippen molar-refractivity contribution in [2.24, 2.45) is 5.73 Å². The van der Waals surface area contributed by atoms with Gasteiger partial charge in [0.2, 0.25) is 5.91 Å². The van der Waals surface area contributed by atoms with Crippen molar-refractivity contribution in [3.05, 3.63) is 28.2 Å². The first-order valence-corrected chi connectivity index (χ1v) is 6.59. The van der Waals surface area contributed by atoms with Crippen molar-refractivity contribution in [3.63, 3.8) is 0 Å². The van der Waals surface area contributed by atoms with E-state index >= 15 is 0 Å². The maximum absolute atomic E-state index is 11.7. The van der Waals surface area contributed by atoms with Crippen LogP contribution in [0.3, 0.4) is 0 Å². The SMILES string of the molecule is NC(=O)CC[C@@H](NC(=O)Nc1cccc(Cl)c1Cl)C(=O)O. The van der Waals surface area contributed by atoms with Crippen LogP contribution in [0.1, 0.15) is 12.8 Å². The number of amides is 3. The lowest BCUT2D eigenvalue weighted by Gasteiger charge is -2.15. The number of hydrogen-bond acceptors (Lipinski definition) is 3. The average Bonchev–Trinajstić information content (AvgIpc) is 2.39. The van der Waals surface area contributed by atoms with Gasteiger partial charge in [-0.3, -0.25) is 4.79 Å². The number of nitrogens with one attached hydrogen (secondary N) is 2. The summed E-state index contributed by atoms with van der Waals surface area (Å²) < 4.78 is 0. The summed E-state index contributed by atoms with van der Waals surface area (Å²) in [6.07, 6.45) is -0.267. The monoisotopic (exact) mass is 333 g/mol. The molecule has 1 aromatic rings. The molecule has 0 spiro atoms. The van der Waals surface area contributed by atoms with E-state index in [0.29, 0.717) is 0 Å². The highest BCUT2D eigenvalue weighted by molar-refractivity contribution is 6.43. The molecule has 0 heterocycles. The van der Waals surface area contributed by atoms with Crippen LogP contribution >= 0.6 is 23.2 Å². The van der Waals surface area contributed by atoms with E-state index in [1.807, 2.05) is 0 Å². The number of nitrogens with two attached hydrogens (primary N) is 1. The van der Waals surface area contributed by atoms with Crippen LogP contribution in [0, 0.1) is 0 Å². The molecule has 9 heteroatoms. The van der Waals surface area contributed by atoms with Crippen LogP contribution in [0.4, 0.5) is 10.5 Å². The molecule has 1 aromatic carbocycles. The van der Waals surface area contributed by atoms with Crippen molar-refractivity contribution < 1.29 is 19.5 Å². The minimum atomic E-state index is -1.27. The highest BCUT2D eigenvalue weighted by Crippen LogP contribution is 2.29. The van der Waals surface area contributed by atoms with E-state index in [-0.39, 0.29) is 28.6 Å². The normalized spacial score (nSPS) is 11.5. The summed E-state index contributed by atoms with van der Waals surface area (Å²) in [5.74, 6) is -1.93. The highest BCUT2D eigenvalue weighted by atomic mass is 35.5. The zero-order chi connectivity index (χ0) is 16.0. The summed E-state index contributed by atoms with van der Waals surface area (Å²) in [4.78, 5) is 33.4. The Kier molecular flexibility index (Phi) is 6.26. The van der Waals surface area contributed by atoms with Gasteiger partial charge in [0, 0.05) is 6.42 Å². The molecule has 1 atom stereocenters. The third kappa shape index (κ3) is 5.49. The summed E-state index contributed by atoms with van der Waals surface area (Å²) in [6, 6.07) is 2.60. The Bertz CT molecular complexity index is 565. The lowest BCUT2D eigenvalue weighted by molar-refractivity contribution is -0.139.